The molecule has 0 aliphatic carbocycles. The highest BCUT2D eigenvalue weighted by Gasteiger charge is 2.22. The average Bonchev–Trinajstić information content (AvgIpc) is 3.20. The second-order valence-corrected chi connectivity index (χ2v) is 9.50. The summed E-state index contributed by atoms with van der Waals surface area (Å²) in [6, 6.07) is 25.8. The summed E-state index contributed by atoms with van der Waals surface area (Å²) in [5.41, 5.74) is 13.8. The van der Waals surface area contributed by atoms with Gasteiger partial charge in [-0.3, -0.25) is 4.79 Å². The number of ether oxygens (including phenoxy) is 1. The number of benzene rings is 3. The van der Waals surface area contributed by atoms with E-state index in [2.05, 4.69) is 36.5 Å². The maximum absolute atomic E-state index is 13.2. The Morgan fingerprint density at radius 3 is 2.31 bits per heavy atom. The van der Waals surface area contributed by atoms with Crippen LogP contribution in [0.4, 0.5) is 11.4 Å². The fourth-order valence-electron chi connectivity index (χ4n) is 4.07. The van der Waals surface area contributed by atoms with Gasteiger partial charge in [0, 0.05) is 16.6 Å². The van der Waals surface area contributed by atoms with Crippen LogP contribution in [0.5, 0.6) is 5.75 Å². The van der Waals surface area contributed by atoms with Crippen molar-refractivity contribution in [3.8, 4) is 28.1 Å². The summed E-state index contributed by atoms with van der Waals surface area (Å²) < 4.78 is 5.33. The summed E-state index contributed by atoms with van der Waals surface area (Å²) in [4.78, 5) is 19.3. The highest BCUT2D eigenvalue weighted by atomic mass is 32.1. The zero-order chi connectivity index (χ0) is 24.5. The molecule has 0 saturated carbocycles. The van der Waals surface area contributed by atoms with E-state index < -0.39 is 0 Å². The quantitative estimate of drug-likeness (QED) is 0.282. The van der Waals surface area contributed by atoms with E-state index in [9.17, 15) is 4.79 Å². The Kier molecular flexibility index (Phi) is 5.97. The molecule has 0 aliphatic rings. The van der Waals surface area contributed by atoms with E-state index in [1.165, 1.54) is 16.9 Å². The second kappa shape index (κ2) is 9.24. The summed E-state index contributed by atoms with van der Waals surface area (Å²) in [5, 5.41) is 3.76. The van der Waals surface area contributed by atoms with Crippen LogP contribution in [0.1, 0.15) is 20.8 Å². The zero-order valence-corrected chi connectivity index (χ0v) is 20.6. The lowest BCUT2D eigenvalue weighted by Gasteiger charge is -2.10. The number of thiophene rings is 1. The Morgan fingerprint density at radius 2 is 1.63 bits per heavy atom. The monoisotopic (exact) mass is 479 g/mol. The van der Waals surface area contributed by atoms with Crippen molar-refractivity contribution in [3.05, 3.63) is 94.9 Å². The van der Waals surface area contributed by atoms with E-state index in [1.807, 2.05) is 61.5 Å². The molecule has 3 aromatic carbocycles. The van der Waals surface area contributed by atoms with E-state index in [0.29, 0.717) is 10.6 Å². The lowest BCUT2D eigenvalue weighted by molar-refractivity contribution is 0.103. The van der Waals surface area contributed by atoms with E-state index in [-0.39, 0.29) is 5.91 Å². The van der Waals surface area contributed by atoms with Gasteiger partial charge in [-0.15, -0.1) is 11.3 Å². The third kappa shape index (κ3) is 4.48. The number of aromatic nitrogens is 1. The molecule has 0 fully saturated rings. The van der Waals surface area contributed by atoms with E-state index in [4.69, 9.17) is 15.5 Å². The molecule has 35 heavy (non-hydrogen) atoms. The maximum Gasteiger partial charge on any atom is 0.267 e. The number of hydrogen-bond donors (Lipinski definition) is 2. The number of nitrogens with zero attached hydrogens (tertiary/aromatic N) is 1. The Morgan fingerprint density at radius 1 is 0.914 bits per heavy atom. The van der Waals surface area contributed by atoms with Gasteiger partial charge in [-0.1, -0.05) is 54.1 Å². The van der Waals surface area contributed by atoms with Crippen molar-refractivity contribution in [2.45, 2.75) is 13.8 Å². The molecule has 5 rings (SSSR count). The molecule has 6 heteroatoms. The minimum absolute atomic E-state index is 0.242. The minimum Gasteiger partial charge on any atom is -0.497 e. The number of fused-ring (bicyclic) bond motifs is 1. The summed E-state index contributed by atoms with van der Waals surface area (Å²) >= 11 is 1.31. The van der Waals surface area contributed by atoms with Gasteiger partial charge in [0.15, 0.2) is 0 Å². The van der Waals surface area contributed by atoms with Crippen LogP contribution in [-0.2, 0) is 0 Å². The van der Waals surface area contributed by atoms with Gasteiger partial charge in [-0.2, -0.15) is 0 Å². The molecule has 5 nitrogen and oxygen atoms in total. The second-order valence-electron chi connectivity index (χ2n) is 8.50. The molecule has 5 aromatic rings. The van der Waals surface area contributed by atoms with Gasteiger partial charge in [0.05, 0.1) is 18.5 Å². The van der Waals surface area contributed by atoms with Crippen molar-refractivity contribution >= 4 is 38.8 Å². The van der Waals surface area contributed by atoms with Crippen molar-refractivity contribution < 1.29 is 9.53 Å². The standard InChI is InChI=1S/C29H25N3O2S/c1-17-7-9-20(10-8-17)24-16-23(19-11-13-22(34-3)14-12-19)25-26(30)27(35-29(25)32-24)28(33)31-21-6-4-5-18(2)15-21/h4-16H,30H2,1-3H3,(H,31,33). The Labute approximate surface area is 208 Å². The molecule has 2 aromatic heterocycles. The molecule has 3 N–H and O–H groups in total. The number of carbonyl (C=O) groups is 1. The van der Waals surface area contributed by atoms with Crippen molar-refractivity contribution in [2.24, 2.45) is 0 Å². The van der Waals surface area contributed by atoms with Gasteiger partial charge in [-0.25, -0.2) is 4.98 Å². The third-order valence-corrected chi connectivity index (χ3v) is 7.03. The van der Waals surface area contributed by atoms with E-state index in [0.717, 1.165) is 49.6 Å². The van der Waals surface area contributed by atoms with Crippen LogP contribution in [0.25, 0.3) is 32.6 Å². The molecule has 1 amide bonds. The van der Waals surface area contributed by atoms with Crippen LogP contribution in [-0.4, -0.2) is 18.0 Å². The lowest BCUT2D eigenvalue weighted by atomic mass is 9.99. The molecule has 0 spiro atoms. The summed E-state index contributed by atoms with van der Waals surface area (Å²) in [5.74, 6) is 0.531. The molecular formula is C29H25N3O2S. The first-order valence-corrected chi connectivity index (χ1v) is 12.1. The molecule has 174 valence electrons. The topological polar surface area (TPSA) is 77.2 Å². The number of nitrogen functional groups attached to an aromatic ring is 1. The van der Waals surface area contributed by atoms with E-state index in [1.54, 1.807) is 7.11 Å². The van der Waals surface area contributed by atoms with Crippen molar-refractivity contribution in [1.82, 2.24) is 4.98 Å². The first-order chi connectivity index (χ1) is 16.9. The highest BCUT2D eigenvalue weighted by molar-refractivity contribution is 7.21. The molecule has 0 aliphatic heterocycles. The van der Waals surface area contributed by atoms with Crippen LogP contribution in [0, 0.1) is 13.8 Å². The minimum atomic E-state index is -0.242. The molecule has 2 heterocycles. The number of carbonyl (C=O) groups excluding carboxylic acids is 1. The van der Waals surface area contributed by atoms with Gasteiger partial charge in [0.1, 0.15) is 15.5 Å². The van der Waals surface area contributed by atoms with Gasteiger partial charge in [-0.05, 0) is 60.9 Å². The number of amides is 1. The van der Waals surface area contributed by atoms with Crippen molar-refractivity contribution in [1.29, 1.82) is 0 Å². The Balaban J connectivity index is 1.66. The number of nitrogens with two attached hydrogens (primary N) is 1. The number of methoxy groups -OCH3 is 1. The SMILES string of the molecule is COc1ccc(-c2cc(-c3ccc(C)cc3)nc3sc(C(=O)Nc4cccc(C)c4)c(N)c23)cc1. The van der Waals surface area contributed by atoms with E-state index >= 15 is 0 Å². The first-order valence-electron chi connectivity index (χ1n) is 11.3. The van der Waals surface area contributed by atoms with Crippen molar-refractivity contribution in [3.63, 3.8) is 0 Å². The summed E-state index contributed by atoms with van der Waals surface area (Å²) in [7, 11) is 1.64. The molecule has 0 bridgehead atoms. The van der Waals surface area contributed by atoms with Gasteiger partial charge < -0.3 is 15.8 Å². The van der Waals surface area contributed by atoms with Crippen LogP contribution in [0.15, 0.2) is 78.9 Å². The maximum atomic E-state index is 13.2. The number of hydrogen-bond acceptors (Lipinski definition) is 5. The van der Waals surface area contributed by atoms with Crippen LogP contribution in [0.2, 0.25) is 0 Å². The van der Waals surface area contributed by atoms with Crippen molar-refractivity contribution in [2.75, 3.05) is 18.2 Å². The fourth-order valence-corrected chi connectivity index (χ4v) is 5.09. The summed E-state index contributed by atoms with van der Waals surface area (Å²) in [6.45, 7) is 4.05. The number of aryl methyl sites for hydroxylation is 2. The number of anilines is 2. The van der Waals surface area contributed by atoms with Crippen LogP contribution < -0.4 is 15.8 Å². The highest BCUT2D eigenvalue weighted by Crippen LogP contribution is 2.42. The van der Waals surface area contributed by atoms with Crippen LogP contribution >= 0.6 is 11.3 Å². The average molecular weight is 480 g/mol. The predicted molar refractivity (Wildman–Crippen MR) is 145 cm³/mol. The Bertz CT molecular complexity index is 1540. The molecule has 0 radical (unpaired) electrons. The smallest absolute Gasteiger partial charge is 0.267 e. The van der Waals surface area contributed by atoms with Gasteiger partial charge in [0.2, 0.25) is 0 Å². The zero-order valence-electron chi connectivity index (χ0n) is 19.8. The van der Waals surface area contributed by atoms with Gasteiger partial charge in [0.25, 0.3) is 5.91 Å². The molecule has 0 unspecified atom stereocenters. The molecule has 0 saturated heterocycles. The Hall–Kier alpha value is -4.16. The largest absolute Gasteiger partial charge is 0.497 e. The first kappa shape index (κ1) is 22.6. The number of rotatable bonds is 5. The third-order valence-electron chi connectivity index (χ3n) is 5.93. The van der Waals surface area contributed by atoms with Gasteiger partial charge >= 0.3 is 0 Å². The fraction of sp³-hybridized carbons (Fsp3) is 0.103. The summed E-state index contributed by atoms with van der Waals surface area (Å²) in [6.07, 6.45) is 0. The number of pyridine rings is 1. The number of nitrogens with one attached hydrogen (secondary N) is 1. The molecule has 0 atom stereocenters. The lowest BCUT2D eigenvalue weighted by Crippen LogP contribution is -2.12. The van der Waals surface area contributed by atoms with Crippen LogP contribution in [0.3, 0.4) is 0 Å². The predicted octanol–water partition coefficient (Wildman–Crippen LogP) is 7.09. The molecular weight excluding hydrogens is 454 g/mol. The normalized spacial score (nSPS) is 10.9.